The molecule has 0 aliphatic rings. The van der Waals surface area contributed by atoms with Crippen LogP contribution in [0.2, 0.25) is 0 Å². The minimum absolute atomic E-state index is 0.241. The van der Waals surface area contributed by atoms with Gasteiger partial charge in [-0.2, -0.15) is 0 Å². The Morgan fingerprint density at radius 3 is 2.23 bits per heavy atom. The van der Waals surface area contributed by atoms with Gasteiger partial charge in [-0.05, 0) is 19.8 Å². The van der Waals surface area contributed by atoms with Gasteiger partial charge in [0.05, 0.1) is 0 Å². The lowest BCUT2D eigenvalue weighted by Gasteiger charge is -2.24. The molecule has 1 atom stereocenters. The molecule has 0 fully saturated rings. The molecule has 0 amide bonds. The average molecular weight is 188 g/mol. The summed E-state index contributed by atoms with van der Waals surface area (Å²) in [7, 11) is 1.49. The zero-order chi connectivity index (χ0) is 10.5. The van der Waals surface area contributed by atoms with E-state index < -0.39 is 11.4 Å². The number of hydrogen-bond acceptors (Lipinski definition) is 3. The Bertz CT molecular complexity index is 184. The third-order valence-electron chi connectivity index (χ3n) is 2.42. The molecule has 1 unspecified atom stereocenters. The number of ketones is 1. The lowest BCUT2D eigenvalue weighted by molar-refractivity contribution is -0.155. The zero-order valence-electron chi connectivity index (χ0n) is 8.29. The predicted molar refractivity (Wildman–Crippen MR) is 47.5 cm³/mol. The topological polar surface area (TPSA) is 63.6 Å². The van der Waals surface area contributed by atoms with E-state index in [2.05, 4.69) is 0 Å². The van der Waals surface area contributed by atoms with Crippen molar-refractivity contribution in [3.8, 4) is 0 Å². The van der Waals surface area contributed by atoms with Gasteiger partial charge in [0, 0.05) is 13.7 Å². The zero-order valence-corrected chi connectivity index (χ0v) is 8.29. The van der Waals surface area contributed by atoms with Crippen molar-refractivity contribution < 1.29 is 19.4 Å². The summed E-state index contributed by atoms with van der Waals surface area (Å²) < 4.78 is 4.78. The van der Waals surface area contributed by atoms with Crippen molar-refractivity contribution in [3.05, 3.63) is 0 Å². The summed E-state index contributed by atoms with van der Waals surface area (Å²) in [6.07, 6.45) is 0.547. The van der Waals surface area contributed by atoms with Gasteiger partial charge in [-0.25, -0.2) is 0 Å². The second kappa shape index (κ2) is 4.97. The average Bonchev–Trinajstić information content (AvgIpc) is 2.05. The van der Waals surface area contributed by atoms with Gasteiger partial charge in [0.15, 0.2) is 0 Å². The number of carboxylic acids is 1. The predicted octanol–water partition coefficient (Wildman–Crippen LogP) is 1.09. The number of ether oxygens (including phenoxy) is 1. The van der Waals surface area contributed by atoms with E-state index in [1.54, 1.807) is 6.92 Å². The molecule has 0 aromatic carbocycles. The molecule has 0 radical (unpaired) electrons. The third-order valence-corrected chi connectivity index (χ3v) is 2.42. The van der Waals surface area contributed by atoms with Crippen molar-refractivity contribution in [2.45, 2.75) is 26.7 Å². The molecule has 0 saturated carbocycles. The van der Waals surface area contributed by atoms with Crippen LogP contribution in [0.5, 0.6) is 0 Å². The van der Waals surface area contributed by atoms with Gasteiger partial charge in [0.25, 0.3) is 0 Å². The fraction of sp³-hybridized carbons (Fsp3) is 0.778. The second-order valence-electron chi connectivity index (χ2n) is 3.04. The highest BCUT2D eigenvalue weighted by Crippen LogP contribution is 2.28. The third kappa shape index (κ3) is 2.52. The van der Waals surface area contributed by atoms with Crippen LogP contribution < -0.4 is 0 Å². The van der Waals surface area contributed by atoms with Gasteiger partial charge >= 0.3 is 5.97 Å². The van der Waals surface area contributed by atoms with Crippen molar-refractivity contribution >= 4 is 11.8 Å². The van der Waals surface area contributed by atoms with Gasteiger partial charge in [-0.3, -0.25) is 9.59 Å². The van der Waals surface area contributed by atoms with Crippen molar-refractivity contribution in [3.63, 3.8) is 0 Å². The minimum Gasteiger partial charge on any atom is -0.480 e. The molecular formula is C9H16O4. The normalized spacial score (nSPS) is 15.0. The fourth-order valence-corrected chi connectivity index (χ4v) is 1.29. The Kier molecular flexibility index (Phi) is 4.62. The van der Waals surface area contributed by atoms with E-state index in [1.807, 2.05) is 0 Å². The molecule has 0 bridgehead atoms. The second-order valence-corrected chi connectivity index (χ2v) is 3.04. The molecule has 0 saturated heterocycles. The van der Waals surface area contributed by atoms with Crippen LogP contribution in [-0.4, -0.2) is 30.6 Å². The van der Waals surface area contributed by atoms with Gasteiger partial charge in [0.2, 0.25) is 0 Å². The summed E-state index contributed by atoms with van der Waals surface area (Å²) in [5.74, 6) is -1.36. The van der Waals surface area contributed by atoms with Crippen LogP contribution in [0.1, 0.15) is 26.7 Å². The van der Waals surface area contributed by atoms with Crippen LogP contribution in [0.15, 0.2) is 0 Å². The maximum Gasteiger partial charge on any atom is 0.317 e. The van der Waals surface area contributed by atoms with Crippen LogP contribution >= 0.6 is 0 Å². The Labute approximate surface area is 77.9 Å². The SMILES string of the molecule is CCC(CCOC)(C(C)=O)C(=O)O. The molecule has 4 nitrogen and oxygen atoms in total. The van der Waals surface area contributed by atoms with Crippen molar-refractivity contribution in [1.82, 2.24) is 0 Å². The smallest absolute Gasteiger partial charge is 0.317 e. The monoisotopic (exact) mass is 188 g/mol. The summed E-state index contributed by atoms with van der Waals surface area (Å²) in [4.78, 5) is 22.1. The number of hydrogen-bond donors (Lipinski definition) is 1. The number of carbonyl (C=O) groups is 2. The lowest BCUT2D eigenvalue weighted by atomic mass is 9.78. The number of rotatable bonds is 6. The highest BCUT2D eigenvalue weighted by atomic mass is 16.5. The first-order valence-corrected chi connectivity index (χ1v) is 4.24. The van der Waals surface area contributed by atoms with E-state index in [0.717, 1.165) is 0 Å². The van der Waals surface area contributed by atoms with Crippen molar-refractivity contribution in [1.29, 1.82) is 0 Å². The summed E-state index contributed by atoms with van der Waals surface area (Å²) >= 11 is 0. The van der Waals surface area contributed by atoms with Gasteiger partial charge in [-0.1, -0.05) is 6.92 Å². The highest BCUT2D eigenvalue weighted by molar-refractivity contribution is 6.01. The summed E-state index contributed by atoms with van der Waals surface area (Å²) in [6, 6.07) is 0. The molecule has 0 heterocycles. The number of aliphatic carboxylic acids is 1. The molecule has 76 valence electrons. The lowest BCUT2D eigenvalue weighted by Crippen LogP contribution is -2.38. The number of carbonyl (C=O) groups excluding carboxylic acids is 1. The maximum absolute atomic E-state index is 11.2. The largest absolute Gasteiger partial charge is 0.480 e. The van der Waals surface area contributed by atoms with Crippen LogP contribution in [-0.2, 0) is 14.3 Å². The number of carboxylic acid groups (broad SMARTS) is 1. The van der Waals surface area contributed by atoms with Crippen molar-refractivity contribution in [2.75, 3.05) is 13.7 Å². The van der Waals surface area contributed by atoms with Gasteiger partial charge in [0.1, 0.15) is 11.2 Å². The van der Waals surface area contributed by atoms with Crippen molar-refractivity contribution in [2.24, 2.45) is 5.41 Å². The van der Waals surface area contributed by atoms with Crippen LogP contribution in [0.25, 0.3) is 0 Å². The van der Waals surface area contributed by atoms with Crippen LogP contribution in [0, 0.1) is 5.41 Å². The van der Waals surface area contributed by atoms with Gasteiger partial charge in [-0.15, -0.1) is 0 Å². The molecule has 1 N–H and O–H groups in total. The van der Waals surface area contributed by atoms with E-state index in [0.29, 0.717) is 13.0 Å². The first-order chi connectivity index (χ1) is 6.01. The molecule has 0 aliphatic carbocycles. The van der Waals surface area contributed by atoms with E-state index in [1.165, 1.54) is 14.0 Å². The van der Waals surface area contributed by atoms with Crippen LogP contribution in [0.4, 0.5) is 0 Å². The molecule has 0 aromatic heterocycles. The Hall–Kier alpha value is -0.900. The standard InChI is InChI=1S/C9H16O4/c1-4-9(7(2)10,8(11)12)5-6-13-3/h4-6H2,1-3H3,(H,11,12). The summed E-state index contributed by atoms with van der Waals surface area (Å²) in [5, 5.41) is 8.94. The number of methoxy groups -OCH3 is 1. The minimum atomic E-state index is -1.25. The van der Waals surface area contributed by atoms with Crippen LogP contribution in [0.3, 0.4) is 0 Å². The first-order valence-electron chi connectivity index (χ1n) is 4.24. The highest BCUT2D eigenvalue weighted by Gasteiger charge is 2.41. The number of Topliss-reactive ketones (excluding diaryl/α,β-unsaturated/α-hetero) is 1. The maximum atomic E-state index is 11.2. The summed E-state index contributed by atoms with van der Waals surface area (Å²) in [6.45, 7) is 3.30. The first kappa shape index (κ1) is 12.1. The molecular weight excluding hydrogens is 172 g/mol. The van der Waals surface area contributed by atoms with Gasteiger partial charge < -0.3 is 9.84 Å². The van der Waals surface area contributed by atoms with E-state index in [-0.39, 0.29) is 12.2 Å². The Morgan fingerprint density at radius 2 is 2.00 bits per heavy atom. The Balaban J connectivity index is 4.66. The molecule has 0 aromatic rings. The fourth-order valence-electron chi connectivity index (χ4n) is 1.29. The molecule has 0 spiro atoms. The molecule has 4 heteroatoms. The van der Waals surface area contributed by atoms with E-state index in [4.69, 9.17) is 9.84 Å². The molecule has 0 rings (SSSR count). The molecule has 13 heavy (non-hydrogen) atoms. The van der Waals surface area contributed by atoms with E-state index >= 15 is 0 Å². The molecule has 0 aliphatic heterocycles. The van der Waals surface area contributed by atoms with E-state index in [9.17, 15) is 9.59 Å². The Morgan fingerprint density at radius 1 is 1.46 bits per heavy atom. The summed E-state index contributed by atoms with van der Waals surface area (Å²) in [5.41, 5.74) is -1.25. The quantitative estimate of drug-likeness (QED) is 0.634.